The zero-order valence-corrected chi connectivity index (χ0v) is 12.7. The Bertz CT molecular complexity index is 525. The molecule has 0 saturated carbocycles. The van der Waals surface area contributed by atoms with Crippen molar-refractivity contribution in [3.05, 3.63) is 35.4 Å². The number of rotatable bonds is 3. The molecule has 0 aliphatic carbocycles. The van der Waals surface area contributed by atoms with E-state index >= 15 is 0 Å². The molecular formula is C14H22N2O2S. The van der Waals surface area contributed by atoms with Crippen LogP contribution in [-0.4, -0.2) is 50.3 Å². The maximum atomic E-state index is 12.4. The summed E-state index contributed by atoms with van der Waals surface area (Å²) in [6.45, 7) is 6.04. The van der Waals surface area contributed by atoms with E-state index in [9.17, 15) is 8.42 Å². The van der Waals surface area contributed by atoms with Gasteiger partial charge >= 0.3 is 0 Å². The molecule has 1 fully saturated rings. The molecule has 1 unspecified atom stereocenters. The molecule has 19 heavy (non-hydrogen) atoms. The number of hydrogen-bond acceptors (Lipinski definition) is 3. The van der Waals surface area contributed by atoms with Crippen molar-refractivity contribution in [1.82, 2.24) is 9.21 Å². The van der Waals surface area contributed by atoms with E-state index in [1.807, 2.05) is 38.2 Å². The summed E-state index contributed by atoms with van der Waals surface area (Å²) in [4.78, 5) is 2.19. The van der Waals surface area contributed by atoms with Gasteiger partial charge in [0, 0.05) is 25.7 Å². The summed E-state index contributed by atoms with van der Waals surface area (Å²) in [6, 6.07) is 7.98. The maximum Gasteiger partial charge on any atom is 0.218 e. The molecule has 0 N–H and O–H groups in total. The van der Waals surface area contributed by atoms with Gasteiger partial charge in [0.1, 0.15) is 0 Å². The smallest absolute Gasteiger partial charge is 0.218 e. The van der Waals surface area contributed by atoms with E-state index in [0.717, 1.165) is 17.7 Å². The molecule has 5 heteroatoms. The van der Waals surface area contributed by atoms with Gasteiger partial charge < -0.3 is 4.90 Å². The van der Waals surface area contributed by atoms with Gasteiger partial charge in [0.05, 0.1) is 5.75 Å². The number of likely N-dealkylation sites (N-methyl/N-ethyl adjacent to an activating group) is 1. The van der Waals surface area contributed by atoms with Gasteiger partial charge in [-0.2, -0.15) is 4.31 Å². The number of benzene rings is 1. The Labute approximate surface area is 116 Å². The summed E-state index contributed by atoms with van der Waals surface area (Å²) in [5, 5.41) is 0. The molecule has 1 atom stereocenters. The molecule has 0 amide bonds. The molecule has 1 aromatic rings. The predicted molar refractivity (Wildman–Crippen MR) is 77.5 cm³/mol. The first-order chi connectivity index (χ1) is 8.88. The van der Waals surface area contributed by atoms with E-state index in [2.05, 4.69) is 11.8 Å². The van der Waals surface area contributed by atoms with Crippen LogP contribution in [-0.2, 0) is 15.8 Å². The molecule has 2 rings (SSSR count). The van der Waals surface area contributed by atoms with E-state index in [1.165, 1.54) is 0 Å². The zero-order valence-electron chi connectivity index (χ0n) is 11.8. The Morgan fingerprint density at radius 2 is 1.84 bits per heavy atom. The van der Waals surface area contributed by atoms with Crippen molar-refractivity contribution >= 4 is 10.0 Å². The van der Waals surface area contributed by atoms with Crippen molar-refractivity contribution in [1.29, 1.82) is 0 Å². The predicted octanol–water partition coefficient (Wildman–Crippen LogP) is 1.46. The van der Waals surface area contributed by atoms with Crippen LogP contribution < -0.4 is 0 Å². The van der Waals surface area contributed by atoms with Gasteiger partial charge in [-0.3, -0.25) is 0 Å². The van der Waals surface area contributed by atoms with Crippen molar-refractivity contribution in [2.24, 2.45) is 0 Å². The average molecular weight is 282 g/mol. The summed E-state index contributed by atoms with van der Waals surface area (Å²) < 4.78 is 26.4. The molecule has 106 valence electrons. The molecule has 0 radical (unpaired) electrons. The Morgan fingerprint density at radius 3 is 2.42 bits per heavy atom. The van der Waals surface area contributed by atoms with Crippen LogP contribution >= 0.6 is 0 Å². The standard InChI is InChI=1S/C14H22N2O2S/c1-12-4-6-14(7-5-12)11-19(17,18)16-9-8-15(3)13(2)10-16/h4-7,13H,8-11H2,1-3H3. The molecule has 1 saturated heterocycles. The fourth-order valence-corrected chi connectivity index (χ4v) is 3.85. The quantitative estimate of drug-likeness (QED) is 0.843. The third kappa shape index (κ3) is 3.55. The summed E-state index contributed by atoms with van der Waals surface area (Å²) in [5.74, 6) is 0.101. The maximum absolute atomic E-state index is 12.4. The normalized spacial score (nSPS) is 22.6. The summed E-state index contributed by atoms with van der Waals surface area (Å²) in [6.07, 6.45) is 0. The van der Waals surface area contributed by atoms with Crippen molar-refractivity contribution in [3.63, 3.8) is 0 Å². The van der Waals surface area contributed by atoms with Crippen LogP contribution in [0.15, 0.2) is 24.3 Å². The first-order valence-corrected chi connectivity index (χ1v) is 8.23. The fraction of sp³-hybridized carbons (Fsp3) is 0.571. The van der Waals surface area contributed by atoms with E-state index < -0.39 is 10.0 Å². The van der Waals surface area contributed by atoms with E-state index in [0.29, 0.717) is 13.1 Å². The van der Waals surface area contributed by atoms with Crippen LogP contribution in [0.5, 0.6) is 0 Å². The van der Waals surface area contributed by atoms with Gasteiger partial charge in [0.2, 0.25) is 10.0 Å². The molecule has 1 heterocycles. The first kappa shape index (κ1) is 14.5. The zero-order chi connectivity index (χ0) is 14.0. The molecule has 1 aliphatic heterocycles. The van der Waals surface area contributed by atoms with E-state index in [1.54, 1.807) is 4.31 Å². The minimum atomic E-state index is -3.20. The molecular weight excluding hydrogens is 260 g/mol. The lowest BCUT2D eigenvalue weighted by atomic mass is 10.2. The van der Waals surface area contributed by atoms with Crippen LogP contribution in [0.25, 0.3) is 0 Å². The highest BCUT2D eigenvalue weighted by Gasteiger charge is 2.29. The summed E-state index contributed by atoms with van der Waals surface area (Å²) in [5.41, 5.74) is 2.01. The number of piperazine rings is 1. The second-order valence-corrected chi connectivity index (χ2v) is 7.40. The second-order valence-electron chi connectivity index (χ2n) is 5.43. The molecule has 4 nitrogen and oxygen atoms in total. The molecule has 0 spiro atoms. The van der Waals surface area contributed by atoms with E-state index in [4.69, 9.17) is 0 Å². The van der Waals surface area contributed by atoms with Crippen molar-refractivity contribution < 1.29 is 8.42 Å². The van der Waals surface area contributed by atoms with Crippen molar-refractivity contribution in [3.8, 4) is 0 Å². The highest BCUT2D eigenvalue weighted by Crippen LogP contribution is 2.16. The lowest BCUT2D eigenvalue weighted by Crippen LogP contribution is -2.52. The summed E-state index contributed by atoms with van der Waals surface area (Å²) >= 11 is 0. The number of aryl methyl sites for hydroxylation is 1. The Morgan fingerprint density at radius 1 is 1.21 bits per heavy atom. The highest BCUT2D eigenvalue weighted by atomic mass is 32.2. The monoisotopic (exact) mass is 282 g/mol. The van der Waals surface area contributed by atoms with Crippen LogP contribution in [0.3, 0.4) is 0 Å². The van der Waals surface area contributed by atoms with Crippen molar-refractivity contribution in [2.45, 2.75) is 25.6 Å². The van der Waals surface area contributed by atoms with Gasteiger partial charge in [-0.05, 0) is 26.5 Å². The molecule has 0 aromatic heterocycles. The van der Waals surface area contributed by atoms with Gasteiger partial charge in [0.15, 0.2) is 0 Å². The minimum absolute atomic E-state index is 0.101. The van der Waals surface area contributed by atoms with Crippen LogP contribution in [0.4, 0.5) is 0 Å². The lowest BCUT2D eigenvalue weighted by Gasteiger charge is -2.36. The van der Waals surface area contributed by atoms with Crippen LogP contribution in [0.1, 0.15) is 18.1 Å². The summed E-state index contributed by atoms with van der Waals surface area (Å²) in [7, 11) is -1.16. The lowest BCUT2D eigenvalue weighted by molar-refractivity contribution is 0.159. The topological polar surface area (TPSA) is 40.6 Å². The van der Waals surface area contributed by atoms with E-state index in [-0.39, 0.29) is 11.8 Å². The Hall–Kier alpha value is -0.910. The molecule has 1 aromatic carbocycles. The SMILES string of the molecule is Cc1ccc(CS(=O)(=O)N2CCN(C)C(C)C2)cc1. The van der Waals surface area contributed by atoms with Gasteiger partial charge in [-0.15, -0.1) is 0 Å². The molecule has 0 bridgehead atoms. The second kappa shape index (κ2) is 5.61. The minimum Gasteiger partial charge on any atom is -0.301 e. The van der Waals surface area contributed by atoms with Crippen LogP contribution in [0, 0.1) is 6.92 Å². The van der Waals surface area contributed by atoms with Crippen molar-refractivity contribution in [2.75, 3.05) is 26.7 Å². The van der Waals surface area contributed by atoms with Crippen LogP contribution in [0.2, 0.25) is 0 Å². The number of hydrogen-bond donors (Lipinski definition) is 0. The van der Waals surface area contributed by atoms with Gasteiger partial charge in [0.25, 0.3) is 0 Å². The number of nitrogens with zero attached hydrogens (tertiary/aromatic N) is 2. The number of sulfonamides is 1. The third-order valence-corrected chi connectivity index (χ3v) is 5.60. The average Bonchev–Trinajstić information content (AvgIpc) is 2.35. The van der Waals surface area contributed by atoms with Gasteiger partial charge in [-0.25, -0.2) is 8.42 Å². The first-order valence-electron chi connectivity index (χ1n) is 6.62. The fourth-order valence-electron chi connectivity index (χ4n) is 2.25. The largest absolute Gasteiger partial charge is 0.301 e. The molecule has 1 aliphatic rings. The Balaban J connectivity index is 2.08. The highest BCUT2D eigenvalue weighted by molar-refractivity contribution is 7.88. The Kier molecular flexibility index (Phi) is 4.28. The van der Waals surface area contributed by atoms with Gasteiger partial charge in [-0.1, -0.05) is 29.8 Å². The third-order valence-electron chi connectivity index (χ3n) is 3.79.